The lowest BCUT2D eigenvalue weighted by Gasteiger charge is -2.25. The van der Waals surface area contributed by atoms with Crippen LogP contribution in [-0.4, -0.2) is 72.5 Å². The van der Waals surface area contributed by atoms with E-state index in [4.69, 9.17) is 4.99 Å². The van der Waals surface area contributed by atoms with Crippen molar-refractivity contribution >= 4 is 35.8 Å². The fraction of sp³-hybridized carbons (Fsp3) is 0.905. The van der Waals surface area contributed by atoms with E-state index in [1.54, 1.807) is 0 Å². The number of aliphatic imine (C=N–C) groups is 1. The van der Waals surface area contributed by atoms with Crippen molar-refractivity contribution in [2.45, 2.75) is 83.8 Å². The molecule has 2 aliphatic carbocycles. The molecule has 0 spiro atoms. The molecule has 0 aromatic heterocycles. The minimum atomic E-state index is 0. The summed E-state index contributed by atoms with van der Waals surface area (Å²) in [6.07, 6.45) is 8.31. The molecule has 1 atom stereocenters. The van der Waals surface area contributed by atoms with Gasteiger partial charge in [-0.05, 0) is 52.9 Å². The van der Waals surface area contributed by atoms with Crippen molar-refractivity contribution in [3.05, 3.63) is 0 Å². The molecule has 2 saturated carbocycles. The summed E-state index contributed by atoms with van der Waals surface area (Å²) in [6, 6.07) is 1.69. The summed E-state index contributed by atoms with van der Waals surface area (Å²) in [4.78, 5) is 22.1. The highest BCUT2D eigenvalue weighted by Gasteiger charge is 2.33. The van der Waals surface area contributed by atoms with Crippen molar-refractivity contribution in [2.24, 2.45) is 10.9 Å². The summed E-state index contributed by atoms with van der Waals surface area (Å²) >= 11 is 0. The van der Waals surface area contributed by atoms with Gasteiger partial charge >= 0.3 is 0 Å². The minimum Gasteiger partial charge on any atom is -0.357 e. The molecule has 3 aliphatic rings. The summed E-state index contributed by atoms with van der Waals surface area (Å²) in [5, 5.41) is 6.94. The minimum absolute atomic E-state index is 0. The van der Waals surface area contributed by atoms with E-state index in [2.05, 4.69) is 41.2 Å². The number of carbonyl (C=O) groups excluding carboxylic acids is 1. The lowest BCUT2D eigenvalue weighted by molar-refractivity contribution is -0.134. The molecule has 28 heavy (non-hydrogen) atoms. The normalized spacial score (nSPS) is 23.4. The quantitative estimate of drug-likeness (QED) is 0.303. The monoisotopic (exact) mass is 505 g/mol. The van der Waals surface area contributed by atoms with Crippen molar-refractivity contribution in [3.8, 4) is 0 Å². The zero-order chi connectivity index (χ0) is 19.2. The number of hydrogen-bond donors (Lipinski definition) is 2. The lowest BCUT2D eigenvalue weighted by atomic mass is 10.1. The van der Waals surface area contributed by atoms with Gasteiger partial charge in [0.25, 0.3) is 0 Å². The number of likely N-dealkylation sites (tertiary alicyclic amines) is 1. The number of amides is 1. The van der Waals surface area contributed by atoms with Gasteiger partial charge in [0.1, 0.15) is 0 Å². The van der Waals surface area contributed by atoms with E-state index in [-0.39, 0.29) is 29.9 Å². The third-order valence-corrected chi connectivity index (χ3v) is 6.20. The maximum absolute atomic E-state index is 12.6. The molecule has 0 aromatic rings. The summed E-state index contributed by atoms with van der Waals surface area (Å²) in [5.74, 6) is 1.57. The van der Waals surface area contributed by atoms with Crippen LogP contribution >= 0.6 is 24.0 Å². The van der Waals surface area contributed by atoms with E-state index in [0.717, 1.165) is 64.0 Å². The maximum Gasteiger partial charge on any atom is 0.225 e. The molecule has 0 bridgehead atoms. The third kappa shape index (κ3) is 6.75. The molecule has 0 radical (unpaired) electrons. The molecule has 7 heteroatoms. The highest BCUT2D eigenvalue weighted by Crippen LogP contribution is 2.28. The Morgan fingerprint density at radius 2 is 1.89 bits per heavy atom. The standard InChI is InChI=1S/C21H39N5O.HI/c1-4-22-21(23-12-14-26(16(2)3)19-9-10-19)24-18-11-13-25(15-18)20(27)17-7-5-6-8-17;/h16-19H,4-15H2,1-3H3,(H2,22,23,24);1H. The number of carbonyl (C=O) groups is 1. The fourth-order valence-corrected chi connectivity index (χ4v) is 4.57. The van der Waals surface area contributed by atoms with E-state index in [9.17, 15) is 4.79 Å². The van der Waals surface area contributed by atoms with Gasteiger partial charge in [-0.2, -0.15) is 0 Å². The van der Waals surface area contributed by atoms with Gasteiger partial charge in [-0.25, -0.2) is 0 Å². The molecule has 1 unspecified atom stereocenters. The topological polar surface area (TPSA) is 60.0 Å². The van der Waals surface area contributed by atoms with Crippen molar-refractivity contribution in [3.63, 3.8) is 0 Å². The van der Waals surface area contributed by atoms with Crippen molar-refractivity contribution in [1.82, 2.24) is 20.4 Å². The SMILES string of the molecule is CCNC(=NCCN(C(C)C)C1CC1)NC1CCN(C(=O)C2CCCC2)C1.I. The van der Waals surface area contributed by atoms with Gasteiger partial charge in [-0.1, -0.05) is 12.8 Å². The fourth-order valence-electron chi connectivity index (χ4n) is 4.57. The van der Waals surface area contributed by atoms with Crippen LogP contribution in [0.5, 0.6) is 0 Å². The molecule has 1 saturated heterocycles. The number of nitrogens with zero attached hydrogens (tertiary/aromatic N) is 3. The molecule has 0 aromatic carbocycles. The number of rotatable bonds is 8. The second-order valence-corrected chi connectivity index (χ2v) is 8.72. The number of hydrogen-bond acceptors (Lipinski definition) is 3. The smallest absolute Gasteiger partial charge is 0.225 e. The van der Waals surface area contributed by atoms with Crippen LogP contribution in [0.3, 0.4) is 0 Å². The van der Waals surface area contributed by atoms with Gasteiger partial charge in [0.15, 0.2) is 5.96 Å². The Morgan fingerprint density at radius 1 is 1.18 bits per heavy atom. The average Bonchev–Trinajstić information content (AvgIpc) is 3.13. The van der Waals surface area contributed by atoms with Crippen LogP contribution < -0.4 is 10.6 Å². The van der Waals surface area contributed by atoms with Crippen LogP contribution in [0.2, 0.25) is 0 Å². The molecule has 162 valence electrons. The summed E-state index contributed by atoms with van der Waals surface area (Å²) in [6.45, 7) is 11.1. The first-order valence-electron chi connectivity index (χ1n) is 11.2. The summed E-state index contributed by atoms with van der Waals surface area (Å²) < 4.78 is 0. The summed E-state index contributed by atoms with van der Waals surface area (Å²) in [7, 11) is 0. The molecule has 3 fully saturated rings. The van der Waals surface area contributed by atoms with Crippen LogP contribution in [0.4, 0.5) is 0 Å². The number of guanidine groups is 1. The van der Waals surface area contributed by atoms with Crippen LogP contribution in [0.15, 0.2) is 4.99 Å². The number of nitrogens with one attached hydrogen (secondary N) is 2. The number of halogens is 1. The predicted octanol–water partition coefficient (Wildman–Crippen LogP) is 2.82. The van der Waals surface area contributed by atoms with E-state index in [1.807, 2.05) is 0 Å². The Kier molecular flexibility index (Phi) is 9.80. The first kappa shape index (κ1) is 23.7. The first-order valence-corrected chi connectivity index (χ1v) is 11.2. The van der Waals surface area contributed by atoms with Crippen molar-refractivity contribution in [1.29, 1.82) is 0 Å². The zero-order valence-electron chi connectivity index (χ0n) is 18.0. The molecule has 3 rings (SSSR count). The Morgan fingerprint density at radius 3 is 2.50 bits per heavy atom. The Bertz CT molecular complexity index is 515. The predicted molar refractivity (Wildman–Crippen MR) is 126 cm³/mol. The molecule has 1 heterocycles. The molecule has 6 nitrogen and oxygen atoms in total. The molecule has 1 amide bonds. The van der Waals surface area contributed by atoms with E-state index in [0.29, 0.717) is 18.0 Å². The molecule has 2 N–H and O–H groups in total. The van der Waals surface area contributed by atoms with Crippen LogP contribution in [-0.2, 0) is 4.79 Å². The van der Waals surface area contributed by atoms with E-state index >= 15 is 0 Å². The first-order chi connectivity index (χ1) is 13.1. The van der Waals surface area contributed by atoms with Crippen LogP contribution in [0.25, 0.3) is 0 Å². The van der Waals surface area contributed by atoms with Gasteiger partial charge in [0.2, 0.25) is 5.91 Å². The largest absolute Gasteiger partial charge is 0.357 e. The zero-order valence-corrected chi connectivity index (χ0v) is 20.3. The van der Waals surface area contributed by atoms with Gasteiger partial charge in [-0.15, -0.1) is 24.0 Å². The van der Waals surface area contributed by atoms with Gasteiger partial charge < -0.3 is 15.5 Å². The summed E-state index contributed by atoms with van der Waals surface area (Å²) in [5.41, 5.74) is 0. The second-order valence-electron chi connectivity index (χ2n) is 8.72. The molecule has 1 aliphatic heterocycles. The lowest BCUT2D eigenvalue weighted by Crippen LogP contribution is -2.46. The second kappa shape index (κ2) is 11.6. The van der Waals surface area contributed by atoms with E-state index in [1.165, 1.54) is 25.7 Å². The van der Waals surface area contributed by atoms with Crippen LogP contribution in [0.1, 0.15) is 65.7 Å². The highest BCUT2D eigenvalue weighted by atomic mass is 127. The van der Waals surface area contributed by atoms with Crippen molar-refractivity contribution < 1.29 is 4.79 Å². The van der Waals surface area contributed by atoms with Crippen LogP contribution in [0, 0.1) is 5.92 Å². The van der Waals surface area contributed by atoms with Crippen molar-refractivity contribution in [2.75, 3.05) is 32.7 Å². The molecular formula is C21H40IN5O. The molecular weight excluding hydrogens is 465 g/mol. The average molecular weight is 505 g/mol. The third-order valence-electron chi connectivity index (χ3n) is 6.20. The Balaban J connectivity index is 0.00000280. The van der Waals surface area contributed by atoms with Gasteiger partial charge in [-0.3, -0.25) is 14.7 Å². The maximum atomic E-state index is 12.6. The Hall–Kier alpha value is -0.570. The van der Waals surface area contributed by atoms with Gasteiger partial charge in [0, 0.05) is 50.2 Å². The van der Waals surface area contributed by atoms with E-state index < -0.39 is 0 Å². The highest BCUT2D eigenvalue weighted by molar-refractivity contribution is 14.0. The van der Waals surface area contributed by atoms with Gasteiger partial charge in [0.05, 0.1) is 6.54 Å². The Labute approximate surface area is 188 Å².